The van der Waals surface area contributed by atoms with Gasteiger partial charge in [-0.1, -0.05) is 48.7 Å². The SMILES string of the molecule is Cn1nnc2cc(C(CC(=O)O)c3ccc4c(c3)C3C(CC4)CC(=O)N3CC3CCCCC3)ccc21. The van der Waals surface area contributed by atoms with Gasteiger partial charge in [0, 0.05) is 25.9 Å². The molecule has 3 unspecified atom stereocenters. The predicted molar refractivity (Wildman–Crippen MR) is 137 cm³/mol. The molecule has 7 nitrogen and oxygen atoms in total. The van der Waals surface area contributed by atoms with Gasteiger partial charge in [0.2, 0.25) is 5.91 Å². The first kappa shape index (κ1) is 23.2. The fraction of sp³-hybridized carbons (Fsp3) is 0.517. The van der Waals surface area contributed by atoms with Gasteiger partial charge in [-0.05, 0) is 71.9 Å². The van der Waals surface area contributed by atoms with E-state index in [1.807, 2.05) is 25.2 Å². The molecule has 188 valence electrons. The number of fused-ring (bicyclic) bond motifs is 4. The molecule has 3 aromatic rings. The Bertz CT molecular complexity index is 1310. The normalized spacial score (nSPS) is 23.0. The second-order valence-corrected chi connectivity index (χ2v) is 11.1. The van der Waals surface area contributed by atoms with E-state index in [0.717, 1.165) is 41.5 Å². The molecule has 1 aromatic heterocycles. The van der Waals surface area contributed by atoms with Crippen molar-refractivity contribution in [3.63, 3.8) is 0 Å². The molecule has 2 aromatic carbocycles. The van der Waals surface area contributed by atoms with Crippen LogP contribution in [-0.2, 0) is 23.1 Å². The van der Waals surface area contributed by atoms with Crippen molar-refractivity contribution in [1.29, 1.82) is 0 Å². The van der Waals surface area contributed by atoms with E-state index in [2.05, 4.69) is 33.4 Å². The molecule has 0 spiro atoms. The smallest absolute Gasteiger partial charge is 0.304 e. The van der Waals surface area contributed by atoms with Gasteiger partial charge in [-0.25, -0.2) is 4.68 Å². The van der Waals surface area contributed by atoms with Crippen molar-refractivity contribution in [3.8, 4) is 0 Å². The minimum Gasteiger partial charge on any atom is -0.481 e. The van der Waals surface area contributed by atoms with Crippen molar-refractivity contribution in [2.75, 3.05) is 6.54 Å². The van der Waals surface area contributed by atoms with E-state index in [-0.39, 0.29) is 18.4 Å². The van der Waals surface area contributed by atoms with Gasteiger partial charge in [-0.2, -0.15) is 0 Å². The number of amides is 1. The first-order valence-electron chi connectivity index (χ1n) is 13.4. The largest absolute Gasteiger partial charge is 0.481 e. The van der Waals surface area contributed by atoms with Crippen LogP contribution in [0.5, 0.6) is 0 Å². The summed E-state index contributed by atoms with van der Waals surface area (Å²) >= 11 is 0. The van der Waals surface area contributed by atoms with Gasteiger partial charge in [0.25, 0.3) is 0 Å². The lowest BCUT2D eigenvalue weighted by Crippen LogP contribution is -2.36. The highest BCUT2D eigenvalue weighted by Gasteiger charge is 2.44. The molecule has 2 fully saturated rings. The van der Waals surface area contributed by atoms with Crippen molar-refractivity contribution < 1.29 is 14.7 Å². The molecular weight excluding hydrogens is 452 g/mol. The summed E-state index contributed by atoms with van der Waals surface area (Å²) in [6.45, 7) is 0.867. The molecular formula is C29H34N4O3. The van der Waals surface area contributed by atoms with Crippen LogP contribution in [0.15, 0.2) is 36.4 Å². The number of nitrogens with zero attached hydrogens (tertiary/aromatic N) is 4. The van der Waals surface area contributed by atoms with Gasteiger partial charge < -0.3 is 10.0 Å². The summed E-state index contributed by atoms with van der Waals surface area (Å²) in [5, 5.41) is 18.1. The lowest BCUT2D eigenvalue weighted by Gasteiger charge is -2.37. The zero-order chi connectivity index (χ0) is 24.8. The monoisotopic (exact) mass is 486 g/mol. The first-order chi connectivity index (χ1) is 17.5. The molecule has 0 radical (unpaired) electrons. The van der Waals surface area contributed by atoms with Crippen LogP contribution in [0.2, 0.25) is 0 Å². The second-order valence-electron chi connectivity index (χ2n) is 11.1. The van der Waals surface area contributed by atoms with Crippen LogP contribution in [0.1, 0.15) is 85.6 Å². The van der Waals surface area contributed by atoms with Gasteiger partial charge in [0.05, 0.1) is 18.0 Å². The fourth-order valence-corrected chi connectivity index (χ4v) is 6.96. The van der Waals surface area contributed by atoms with Gasteiger partial charge in [-0.15, -0.1) is 5.10 Å². The van der Waals surface area contributed by atoms with Crippen LogP contribution in [0.25, 0.3) is 11.0 Å². The van der Waals surface area contributed by atoms with Crippen molar-refractivity contribution in [3.05, 3.63) is 58.7 Å². The summed E-state index contributed by atoms with van der Waals surface area (Å²) < 4.78 is 1.72. The number of hydrogen-bond donors (Lipinski definition) is 1. The van der Waals surface area contributed by atoms with E-state index in [1.54, 1.807) is 4.68 Å². The summed E-state index contributed by atoms with van der Waals surface area (Å²) in [7, 11) is 1.85. The summed E-state index contributed by atoms with van der Waals surface area (Å²) in [4.78, 5) is 27.3. The van der Waals surface area contributed by atoms with E-state index in [4.69, 9.17) is 0 Å². The Balaban J connectivity index is 1.37. The third kappa shape index (κ3) is 4.18. The Morgan fingerprint density at radius 1 is 1.08 bits per heavy atom. The molecule has 2 aliphatic carbocycles. The highest BCUT2D eigenvalue weighted by molar-refractivity contribution is 5.80. The molecule has 6 rings (SSSR count). The highest BCUT2D eigenvalue weighted by atomic mass is 16.4. The van der Waals surface area contributed by atoms with Crippen LogP contribution < -0.4 is 0 Å². The molecule has 1 aliphatic heterocycles. The lowest BCUT2D eigenvalue weighted by atomic mass is 9.77. The van der Waals surface area contributed by atoms with E-state index in [1.165, 1.54) is 43.2 Å². The second kappa shape index (κ2) is 9.34. The molecule has 3 aliphatic rings. The number of aliphatic carboxylic acids is 1. The Morgan fingerprint density at radius 3 is 2.67 bits per heavy atom. The summed E-state index contributed by atoms with van der Waals surface area (Å²) in [6, 6.07) is 12.5. The average molecular weight is 487 g/mol. The number of benzene rings is 2. The number of carbonyl (C=O) groups excluding carboxylic acids is 1. The Labute approximate surface area is 211 Å². The lowest BCUT2D eigenvalue weighted by molar-refractivity contribution is -0.137. The fourth-order valence-electron chi connectivity index (χ4n) is 6.96. The maximum Gasteiger partial charge on any atom is 0.304 e. The van der Waals surface area contributed by atoms with Crippen LogP contribution in [0.4, 0.5) is 0 Å². The minimum absolute atomic E-state index is 0.00334. The van der Waals surface area contributed by atoms with Crippen LogP contribution in [-0.4, -0.2) is 43.4 Å². The maximum atomic E-state index is 13.2. The van der Waals surface area contributed by atoms with Crippen molar-refractivity contribution in [2.45, 2.75) is 69.7 Å². The number of rotatable bonds is 6. The van der Waals surface area contributed by atoms with Crippen LogP contribution in [0.3, 0.4) is 0 Å². The van der Waals surface area contributed by atoms with E-state index in [0.29, 0.717) is 24.2 Å². The summed E-state index contributed by atoms with van der Waals surface area (Å²) in [6.07, 6.45) is 8.98. The maximum absolute atomic E-state index is 13.2. The topological polar surface area (TPSA) is 88.3 Å². The molecule has 0 bridgehead atoms. The third-order valence-electron chi connectivity index (χ3n) is 8.81. The number of hydrogen-bond acceptors (Lipinski definition) is 4. The van der Waals surface area contributed by atoms with Gasteiger partial charge >= 0.3 is 5.97 Å². The number of likely N-dealkylation sites (tertiary alicyclic amines) is 1. The van der Waals surface area contributed by atoms with Crippen molar-refractivity contribution in [2.24, 2.45) is 18.9 Å². The van der Waals surface area contributed by atoms with E-state index >= 15 is 0 Å². The highest BCUT2D eigenvalue weighted by Crippen LogP contribution is 2.47. The quantitative estimate of drug-likeness (QED) is 0.530. The molecule has 1 N–H and O–H groups in total. The molecule has 1 saturated carbocycles. The van der Waals surface area contributed by atoms with Gasteiger partial charge in [-0.3, -0.25) is 9.59 Å². The molecule has 3 atom stereocenters. The summed E-state index contributed by atoms with van der Waals surface area (Å²) in [5.41, 5.74) is 6.16. The van der Waals surface area contributed by atoms with Crippen LogP contribution >= 0.6 is 0 Å². The number of carboxylic acid groups (broad SMARTS) is 1. The number of carbonyl (C=O) groups is 2. The summed E-state index contributed by atoms with van der Waals surface area (Å²) in [5.74, 6) is 0.142. The average Bonchev–Trinajstić information content (AvgIpc) is 3.41. The Hall–Kier alpha value is -3.22. The first-order valence-corrected chi connectivity index (χ1v) is 13.4. The molecule has 2 heterocycles. The van der Waals surface area contributed by atoms with E-state index < -0.39 is 5.97 Å². The van der Waals surface area contributed by atoms with Gasteiger partial charge in [0.15, 0.2) is 0 Å². The zero-order valence-electron chi connectivity index (χ0n) is 20.9. The number of carboxylic acids is 1. The third-order valence-corrected chi connectivity index (χ3v) is 8.81. The molecule has 1 saturated heterocycles. The van der Waals surface area contributed by atoms with Crippen molar-refractivity contribution >= 4 is 22.9 Å². The zero-order valence-corrected chi connectivity index (χ0v) is 20.9. The minimum atomic E-state index is -0.829. The number of aryl methyl sites for hydroxylation is 2. The van der Waals surface area contributed by atoms with Crippen molar-refractivity contribution in [1.82, 2.24) is 19.9 Å². The standard InChI is InChI=1S/C29H34N4O3/c1-32-26-12-11-21(14-25(26)30-31-32)23(16-28(35)36)20-9-7-19-8-10-22-15-27(34)33(29(22)24(19)13-20)17-18-5-3-2-4-6-18/h7,9,11-14,18,22-23,29H,2-6,8,10,15-17H2,1H3,(H,35,36). The van der Waals surface area contributed by atoms with E-state index in [9.17, 15) is 14.7 Å². The molecule has 7 heteroatoms. The number of aromatic nitrogens is 3. The molecule has 36 heavy (non-hydrogen) atoms. The Kier molecular flexibility index (Phi) is 6.02. The Morgan fingerprint density at radius 2 is 1.86 bits per heavy atom. The van der Waals surface area contributed by atoms with Crippen LogP contribution in [0, 0.1) is 11.8 Å². The predicted octanol–water partition coefficient (Wildman–Crippen LogP) is 4.99. The molecule has 1 amide bonds. The van der Waals surface area contributed by atoms with Gasteiger partial charge in [0.1, 0.15) is 5.52 Å².